The summed E-state index contributed by atoms with van der Waals surface area (Å²) < 4.78 is 0. The van der Waals surface area contributed by atoms with Gasteiger partial charge in [0, 0.05) is 23.2 Å². The summed E-state index contributed by atoms with van der Waals surface area (Å²) in [5.74, 6) is 1.92. The van der Waals surface area contributed by atoms with Crippen LogP contribution in [0.15, 0.2) is 30.5 Å². The Kier molecular flexibility index (Phi) is 3.52. The van der Waals surface area contributed by atoms with Crippen LogP contribution in [0.25, 0.3) is 11.4 Å². The molecular formula is C16H17ClN2. The zero-order valence-electron chi connectivity index (χ0n) is 11.1. The predicted octanol–water partition coefficient (Wildman–Crippen LogP) is 4.32. The molecule has 1 aromatic carbocycles. The fraction of sp³-hybridized carbons (Fsp3) is 0.375. The number of rotatable bonds is 4. The third-order valence-electron chi connectivity index (χ3n) is 3.63. The first-order valence-electron chi connectivity index (χ1n) is 6.83. The van der Waals surface area contributed by atoms with Gasteiger partial charge >= 0.3 is 0 Å². The van der Waals surface area contributed by atoms with E-state index >= 15 is 0 Å². The third-order valence-corrected chi connectivity index (χ3v) is 3.91. The van der Waals surface area contributed by atoms with Crippen molar-refractivity contribution in [3.8, 4) is 11.4 Å². The summed E-state index contributed by atoms with van der Waals surface area (Å²) in [5.41, 5.74) is 4.65. The molecule has 3 rings (SSSR count). The maximum Gasteiger partial charge on any atom is 0.159 e. The van der Waals surface area contributed by atoms with Crippen LogP contribution in [0.3, 0.4) is 0 Å². The van der Waals surface area contributed by atoms with Gasteiger partial charge in [0.15, 0.2) is 5.82 Å². The second-order valence-electron chi connectivity index (χ2n) is 5.06. The Hall–Kier alpha value is -1.41. The van der Waals surface area contributed by atoms with Gasteiger partial charge in [-0.1, -0.05) is 31.2 Å². The average molecular weight is 273 g/mol. The summed E-state index contributed by atoms with van der Waals surface area (Å²) in [5, 5.41) is 0. The van der Waals surface area contributed by atoms with Gasteiger partial charge in [-0.2, -0.15) is 0 Å². The van der Waals surface area contributed by atoms with E-state index in [1.54, 1.807) is 0 Å². The van der Waals surface area contributed by atoms with Crippen molar-refractivity contribution in [3.05, 3.63) is 47.3 Å². The molecule has 98 valence electrons. The second-order valence-corrected chi connectivity index (χ2v) is 5.33. The van der Waals surface area contributed by atoms with E-state index in [9.17, 15) is 0 Å². The summed E-state index contributed by atoms with van der Waals surface area (Å²) in [6, 6.07) is 8.49. The molecule has 0 unspecified atom stereocenters. The van der Waals surface area contributed by atoms with Crippen LogP contribution in [-0.4, -0.2) is 9.97 Å². The lowest BCUT2D eigenvalue weighted by Crippen LogP contribution is -1.99. The van der Waals surface area contributed by atoms with Gasteiger partial charge in [0.05, 0.1) is 11.6 Å². The van der Waals surface area contributed by atoms with Gasteiger partial charge in [0.25, 0.3) is 0 Å². The van der Waals surface area contributed by atoms with Crippen molar-refractivity contribution in [1.29, 1.82) is 0 Å². The largest absolute Gasteiger partial charge is 0.236 e. The number of benzene rings is 1. The van der Waals surface area contributed by atoms with E-state index < -0.39 is 0 Å². The molecule has 0 aliphatic heterocycles. The minimum Gasteiger partial charge on any atom is -0.236 e. The van der Waals surface area contributed by atoms with E-state index in [0.29, 0.717) is 11.8 Å². The first-order valence-corrected chi connectivity index (χ1v) is 7.36. The van der Waals surface area contributed by atoms with Crippen LogP contribution in [0.2, 0.25) is 0 Å². The fourth-order valence-electron chi connectivity index (χ4n) is 2.26. The molecule has 1 fully saturated rings. The molecule has 1 aromatic heterocycles. The van der Waals surface area contributed by atoms with Crippen molar-refractivity contribution in [1.82, 2.24) is 9.97 Å². The van der Waals surface area contributed by atoms with E-state index in [-0.39, 0.29) is 0 Å². The summed E-state index contributed by atoms with van der Waals surface area (Å²) in [7, 11) is 0. The van der Waals surface area contributed by atoms with Crippen LogP contribution in [0.4, 0.5) is 0 Å². The normalized spacial score (nSPS) is 14.6. The highest BCUT2D eigenvalue weighted by Crippen LogP contribution is 2.41. The summed E-state index contributed by atoms with van der Waals surface area (Å²) in [6.45, 7) is 2.16. The molecule has 1 heterocycles. The monoisotopic (exact) mass is 272 g/mol. The number of aryl methyl sites for hydroxylation is 1. The number of aromatic nitrogens is 2. The Morgan fingerprint density at radius 2 is 1.95 bits per heavy atom. The molecule has 0 saturated heterocycles. The zero-order chi connectivity index (χ0) is 13.2. The van der Waals surface area contributed by atoms with Crippen LogP contribution in [0, 0.1) is 0 Å². The van der Waals surface area contributed by atoms with Crippen molar-refractivity contribution in [2.75, 3.05) is 0 Å². The Morgan fingerprint density at radius 1 is 1.21 bits per heavy atom. The number of alkyl halides is 1. The third kappa shape index (κ3) is 2.64. The minimum atomic E-state index is 0.501. The topological polar surface area (TPSA) is 25.8 Å². The van der Waals surface area contributed by atoms with Crippen molar-refractivity contribution in [2.24, 2.45) is 0 Å². The summed E-state index contributed by atoms with van der Waals surface area (Å²) >= 11 is 5.96. The summed E-state index contributed by atoms with van der Waals surface area (Å²) in [4.78, 5) is 9.19. The predicted molar refractivity (Wildman–Crippen MR) is 78.4 cm³/mol. The van der Waals surface area contributed by atoms with Gasteiger partial charge in [-0.15, -0.1) is 11.6 Å². The lowest BCUT2D eigenvalue weighted by atomic mass is 10.1. The Bertz CT molecular complexity index is 574. The van der Waals surface area contributed by atoms with E-state index in [4.69, 9.17) is 16.6 Å². The van der Waals surface area contributed by atoms with Crippen LogP contribution in [0.5, 0.6) is 0 Å². The number of hydrogen-bond donors (Lipinski definition) is 0. The molecule has 1 aliphatic rings. The van der Waals surface area contributed by atoms with E-state index in [2.05, 4.69) is 36.2 Å². The lowest BCUT2D eigenvalue weighted by Gasteiger charge is -2.08. The molecule has 3 heteroatoms. The first-order chi connectivity index (χ1) is 9.31. The molecule has 1 saturated carbocycles. The van der Waals surface area contributed by atoms with E-state index in [1.807, 2.05) is 6.20 Å². The molecular weight excluding hydrogens is 256 g/mol. The molecule has 0 radical (unpaired) electrons. The maximum atomic E-state index is 5.96. The molecule has 2 nitrogen and oxygen atoms in total. The van der Waals surface area contributed by atoms with Crippen LogP contribution in [0.1, 0.15) is 42.5 Å². The molecule has 0 amide bonds. The Labute approximate surface area is 118 Å². The van der Waals surface area contributed by atoms with Crippen molar-refractivity contribution < 1.29 is 0 Å². The SMILES string of the molecule is CCc1ccc(-c2ncc(CCl)c(C3CC3)n2)cc1. The highest BCUT2D eigenvalue weighted by atomic mass is 35.5. The molecule has 1 aliphatic carbocycles. The minimum absolute atomic E-state index is 0.501. The number of halogens is 1. The van der Waals surface area contributed by atoms with Gasteiger partial charge in [-0.3, -0.25) is 0 Å². The molecule has 2 aromatic rings. The van der Waals surface area contributed by atoms with Gasteiger partial charge < -0.3 is 0 Å². The van der Waals surface area contributed by atoms with Crippen LogP contribution < -0.4 is 0 Å². The standard InChI is InChI=1S/C16H17ClN2/c1-2-11-3-5-13(6-4-11)16-18-10-14(9-17)15(19-16)12-7-8-12/h3-6,10,12H,2,7-9H2,1H3. The Balaban J connectivity index is 1.97. The van der Waals surface area contributed by atoms with Gasteiger partial charge in [-0.05, 0) is 24.8 Å². The highest BCUT2D eigenvalue weighted by molar-refractivity contribution is 6.17. The van der Waals surface area contributed by atoms with Crippen molar-refractivity contribution in [2.45, 2.75) is 38.0 Å². The van der Waals surface area contributed by atoms with E-state index in [1.165, 1.54) is 18.4 Å². The van der Waals surface area contributed by atoms with Crippen molar-refractivity contribution >= 4 is 11.6 Å². The molecule has 0 spiro atoms. The lowest BCUT2D eigenvalue weighted by molar-refractivity contribution is 0.958. The fourth-order valence-corrected chi connectivity index (χ4v) is 2.47. The molecule has 0 N–H and O–H groups in total. The quantitative estimate of drug-likeness (QED) is 0.775. The highest BCUT2D eigenvalue weighted by Gasteiger charge is 2.28. The zero-order valence-corrected chi connectivity index (χ0v) is 11.8. The van der Waals surface area contributed by atoms with Crippen molar-refractivity contribution in [3.63, 3.8) is 0 Å². The molecule has 0 atom stereocenters. The Morgan fingerprint density at radius 3 is 2.53 bits per heavy atom. The average Bonchev–Trinajstić information content (AvgIpc) is 3.31. The van der Waals surface area contributed by atoms with Gasteiger partial charge in [-0.25, -0.2) is 9.97 Å². The maximum absolute atomic E-state index is 5.96. The van der Waals surface area contributed by atoms with Crippen LogP contribution >= 0.6 is 11.6 Å². The first kappa shape index (κ1) is 12.6. The van der Waals surface area contributed by atoms with E-state index in [0.717, 1.165) is 29.1 Å². The van der Waals surface area contributed by atoms with Gasteiger partial charge in [0.2, 0.25) is 0 Å². The molecule has 0 bridgehead atoms. The van der Waals surface area contributed by atoms with Gasteiger partial charge in [0.1, 0.15) is 0 Å². The number of hydrogen-bond acceptors (Lipinski definition) is 2. The second kappa shape index (κ2) is 5.30. The number of nitrogens with zero attached hydrogens (tertiary/aromatic N) is 2. The van der Waals surface area contributed by atoms with Crippen LogP contribution in [-0.2, 0) is 12.3 Å². The summed E-state index contributed by atoms with van der Waals surface area (Å²) in [6.07, 6.45) is 5.40. The smallest absolute Gasteiger partial charge is 0.159 e. The molecule has 19 heavy (non-hydrogen) atoms.